The van der Waals surface area contributed by atoms with Crippen molar-refractivity contribution in [2.45, 2.75) is 4.90 Å². The number of hydrogen-bond donors (Lipinski definition) is 0. The van der Waals surface area contributed by atoms with Gasteiger partial charge in [-0.2, -0.15) is 0 Å². The zero-order valence-electron chi connectivity index (χ0n) is 12.3. The van der Waals surface area contributed by atoms with Crippen LogP contribution in [0.4, 0.5) is 0 Å². The van der Waals surface area contributed by atoms with Gasteiger partial charge >= 0.3 is 0 Å². The third kappa shape index (κ3) is 4.03. The fraction of sp³-hybridized carbons (Fsp3) is 0.267. The number of carbonyl (C=O) groups is 1. The summed E-state index contributed by atoms with van der Waals surface area (Å²) in [4.78, 5) is 14.0. The van der Waals surface area contributed by atoms with Crippen molar-refractivity contribution >= 4 is 15.9 Å². The Morgan fingerprint density at radius 1 is 1.10 bits per heavy atom. The standard InChI is InChI=1S/C15H20N2O3S/c1-5-11-17(12-6-2)15(18)13-7-9-14(10-8-13)21(19,20)16(3)4/h5-10H,1-2,11-12H2,3-4H3. The molecule has 0 aromatic heterocycles. The molecule has 0 heterocycles. The Morgan fingerprint density at radius 3 is 1.95 bits per heavy atom. The van der Waals surface area contributed by atoms with Crippen molar-refractivity contribution in [2.24, 2.45) is 0 Å². The number of hydrogen-bond acceptors (Lipinski definition) is 3. The zero-order chi connectivity index (χ0) is 16.0. The van der Waals surface area contributed by atoms with Crippen LogP contribution in [0, 0.1) is 0 Å². The van der Waals surface area contributed by atoms with Gasteiger partial charge in [0.1, 0.15) is 0 Å². The smallest absolute Gasteiger partial charge is 0.254 e. The Hall–Kier alpha value is -1.92. The zero-order valence-corrected chi connectivity index (χ0v) is 13.1. The summed E-state index contributed by atoms with van der Waals surface area (Å²) in [5.74, 6) is -0.191. The van der Waals surface area contributed by atoms with E-state index in [0.29, 0.717) is 18.7 Å². The molecule has 0 fully saturated rings. The van der Waals surface area contributed by atoms with Gasteiger partial charge < -0.3 is 4.90 Å². The van der Waals surface area contributed by atoms with E-state index in [2.05, 4.69) is 13.2 Å². The maximum Gasteiger partial charge on any atom is 0.254 e. The molecule has 5 nitrogen and oxygen atoms in total. The third-order valence-electron chi connectivity index (χ3n) is 2.87. The highest BCUT2D eigenvalue weighted by Gasteiger charge is 2.18. The van der Waals surface area contributed by atoms with Crippen LogP contribution < -0.4 is 0 Å². The van der Waals surface area contributed by atoms with Crippen LogP contribution in [0.5, 0.6) is 0 Å². The third-order valence-corrected chi connectivity index (χ3v) is 4.70. The molecule has 1 amide bonds. The first-order valence-corrected chi connectivity index (χ1v) is 7.82. The van der Waals surface area contributed by atoms with E-state index in [1.165, 1.54) is 38.4 Å². The predicted octanol–water partition coefficient (Wildman–Crippen LogP) is 1.75. The summed E-state index contributed by atoms with van der Waals surface area (Å²) in [5.41, 5.74) is 0.427. The first kappa shape index (κ1) is 17.1. The molecule has 0 aliphatic carbocycles. The van der Waals surface area contributed by atoms with E-state index in [4.69, 9.17) is 0 Å². The Morgan fingerprint density at radius 2 is 1.57 bits per heavy atom. The molecule has 0 spiro atoms. The van der Waals surface area contributed by atoms with Crippen LogP contribution in [-0.4, -0.2) is 50.7 Å². The largest absolute Gasteiger partial charge is 0.331 e. The molecule has 1 rings (SSSR count). The van der Waals surface area contributed by atoms with Crippen LogP contribution >= 0.6 is 0 Å². The van der Waals surface area contributed by atoms with E-state index in [1.807, 2.05) is 0 Å². The van der Waals surface area contributed by atoms with E-state index in [9.17, 15) is 13.2 Å². The van der Waals surface area contributed by atoms with Crippen LogP contribution in [0.3, 0.4) is 0 Å². The van der Waals surface area contributed by atoms with Crippen LogP contribution in [0.15, 0.2) is 54.5 Å². The minimum atomic E-state index is -3.48. The molecule has 1 aromatic carbocycles. The Balaban J connectivity index is 3.04. The van der Waals surface area contributed by atoms with Gasteiger partial charge in [-0.05, 0) is 24.3 Å². The lowest BCUT2D eigenvalue weighted by Crippen LogP contribution is -2.31. The molecule has 0 saturated heterocycles. The van der Waals surface area contributed by atoms with Gasteiger partial charge in [0.2, 0.25) is 10.0 Å². The normalized spacial score (nSPS) is 11.2. The van der Waals surface area contributed by atoms with E-state index < -0.39 is 10.0 Å². The van der Waals surface area contributed by atoms with Crippen LogP contribution in [0.1, 0.15) is 10.4 Å². The van der Waals surface area contributed by atoms with Crippen molar-refractivity contribution in [2.75, 3.05) is 27.2 Å². The average Bonchev–Trinajstić information content (AvgIpc) is 2.46. The molecule has 6 heteroatoms. The molecular formula is C15H20N2O3S. The molecule has 1 aromatic rings. The summed E-state index contributed by atoms with van der Waals surface area (Å²) >= 11 is 0. The maximum atomic E-state index is 12.3. The molecule has 0 atom stereocenters. The lowest BCUT2D eigenvalue weighted by Gasteiger charge is -2.19. The molecule has 0 radical (unpaired) electrons. The molecule has 0 saturated carbocycles. The second-order valence-electron chi connectivity index (χ2n) is 4.60. The highest BCUT2D eigenvalue weighted by Crippen LogP contribution is 2.15. The molecule has 0 N–H and O–H groups in total. The fourth-order valence-electron chi connectivity index (χ4n) is 1.71. The minimum Gasteiger partial charge on any atom is -0.331 e. The predicted molar refractivity (Wildman–Crippen MR) is 83.6 cm³/mol. The first-order chi connectivity index (χ1) is 9.84. The summed E-state index contributed by atoms with van der Waals surface area (Å²) in [6, 6.07) is 5.89. The Bertz CT molecular complexity index is 609. The molecule has 114 valence electrons. The fourth-order valence-corrected chi connectivity index (χ4v) is 2.62. The summed E-state index contributed by atoms with van der Waals surface area (Å²) < 4.78 is 25.0. The van der Waals surface area contributed by atoms with Gasteiger partial charge in [0, 0.05) is 32.7 Å². The Kier molecular flexibility index (Phi) is 5.87. The monoisotopic (exact) mass is 308 g/mol. The minimum absolute atomic E-state index is 0.156. The van der Waals surface area contributed by atoms with Crippen molar-refractivity contribution in [1.29, 1.82) is 0 Å². The average molecular weight is 308 g/mol. The van der Waals surface area contributed by atoms with Gasteiger partial charge in [-0.1, -0.05) is 12.2 Å². The van der Waals surface area contributed by atoms with Gasteiger partial charge in [-0.25, -0.2) is 12.7 Å². The number of sulfonamides is 1. The van der Waals surface area contributed by atoms with Crippen molar-refractivity contribution in [3.8, 4) is 0 Å². The molecule has 21 heavy (non-hydrogen) atoms. The van der Waals surface area contributed by atoms with Crippen molar-refractivity contribution < 1.29 is 13.2 Å². The molecule has 0 bridgehead atoms. The SMILES string of the molecule is C=CCN(CC=C)C(=O)c1ccc(S(=O)(=O)N(C)C)cc1. The highest BCUT2D eigenvalue weighted by molar-refractivity contribution is 7.89. The van der Waals surface area contributed by atoms with Gasteiger partial charge in [0.25, 0.3) is 5.91 Å². The second-order valence-corrected chi connectivity index (χ2v) is 6.75. The summed E-state index contributed by atoms with van der Waals surface area (Å²) in [6.45, 7) is 8.03. The maximum absolute atomic E-state index is 12.3. The summed E-state index contributed by atoms with van der Waals surface area (Å²) in [7, 11) is -0.559. The van der Waals surface area contributed by atoms with Gasteiger partial charge in [-0.3, -0.25) is 4.79 Å². The molecule has 0 aliphatic heterocycles. The van der Waals surface area contributed by atoms with Crippen LogP contribution in [0.25, 0.3) is 0 Å². The number of benzene rings is 1. The van der Waals surface area contributed by atoms with Gasteiger partial charge in [-0.15, -0.1) is 13.2 Å². The number of rotatable bonds is 7. The lowest BCUT2D eigenvalue weighted by atomic mass is 10.2. The quantitative estimate of drug-likeness (QED) is 0.721. The summed E-state index contributed by atoms with van der Waals surface area (Å²) in [5, 5.41) is 0. The number of amides is 1. The highest BCUT2D eigenvalue weighted by atomic mass is 32.2. The topological polar surface area (TPSA) is 57.7 Å². The molecular weight excluding hydrogens is 288 g/mol. The van der Waals surface area contributed by atoms with Crippen molar-refractivity contribution in [3.63, 3.8) is 0 Å². The van der Waals surface area contributed by atoms with Crippen LogP contribution in [-0.2, 0) is 10.0 Å². The first-order valence-electron chi connectivity index (χ1n) is 6.38. The summed E-state index contributed by atoms with van der Waals surface area (Å²) in [6.07, 6.45) is 3.26. The van der Waals surface area contributed by atoms with E-state index in [0.717, 1.165) is 4.31 Å². The van der Waals surface area contributed by atoms with Crippen molar-refractivity contribution in [1.82, 2.24) is 9.21 Å². The lowest BCUT2D eigenvalue weighted by molar-refractivity contribution is 0.0790. The number of nitrogens with zero attached hydrogens (tertiary/aromatic N) is 2. The van der Waals surface area contributed by atoms with Gasteiger partial charge in [0.05, 0.1) is 4.90 Å². The second kappa shape index (κ2) is 7.19. The molecule has 0 unspecified atom stereocenters. The van der Waals surface area contributed by atoms with E-state index in [1.54, 1.807) is 17.1 Å². The van der Waals surface area contributed by atoms with Crippen molar-refractivity contribution in [3.05, 3.63) is 55.1 Å². The number of carbonyl (C=O) groups excluding carboxylic acids is 1. The van der Waals surface area contributed by atoms with E-state index in [-0.39, 0.29) is 10.8 Å². The van der Waals surface area contributed by atoms with Crippen LogP contribution in [0.2, 0.25) is 0 Å². The van der Waals surface area contributed by atoms with E-state index >= 15 is 0 Å². The Labute approximate surface area is 126 Å². The van der Waals surface area contributed by atoms with Gasteiger partial charge in [0.15, 0.2) is 0 Å². The molecule has 0 aliphatic rings.